The van der Waals surface area contributed by atoms with Crippen molar-refractivity contribution in [2.75, 3.05) is 12.5 Å². The fourth-order valence-electron chi connectivity index (χ4n) is 0.0423. The molecule has 0 heterocycles. The number of aliphatic hydroxyl groups is 1. The van der Waals surface area contributed by atoms with Gasteiger partial charge in [-0.05, 0) is 0 Å². The second-order valence-electron chi connectivity index (χ2n) is 1.15. The number of halogens is 3. The number of aliphatic hydroxyl groups excluding tert-OH is 1. The van der Waals surface area contributed by atoms with Crippen molar-refractivity contribution in [2.45, 2.75) is 5.92 Å². The third kappa shape index (κ3) is 2.76. The minimum Gasteiger partial charge on any atom is -0.390 e. The molecule has 1 nitrogen and oxygen atoms in total. The fourth-order valence-corrected chi connectivity index (χ4v) is 0.127. The van der Waals surface area contributed by atoms with Crippen LogP contribution in [0.3, 0.4) is 0 Å². The van der Waals surface area contributed by atoms with Crippen molar-refractivity contribution in [3.05, 3.63) is 0 Å². The van der Waals surface area contributed by atoms with E-state index in [9.17, 15) is 8.78 Å². The molecule has 0 saturated carbocycles. The monoisotopic (exact) mass is 130 g/mol. The lowest BCUT2D eigenvalue weighted by Gasteiger charge is -2.05. The molecule has 0 atom stereocenters. The van der Waals surface area contributed by atoms with Crippen molar-refractivity contribution in [2.24, 2.45) is 0 Å². The van der Waals surface area contributed by atoms with Crippen LogP contribution in [0.4, 0.5) is 8.78 Å². The van der Waals surface area contributed by atoms with Gasteiger partial charge in [0.15, 0.2) is 0 Å². The van der Waals surface area contributed by atoms with Gasteiger partial charge in [0.1, 0.15) is 6.61 Å². The second-order valence-corrected chi connectivity index (χ2v) is 1.41. The maximum Gasteiger partial charge on any atom is 0.283 e. The minimum absolute atomic E-state index is 0.816. The average molecular weight is 131 g/mol. The highest BCUT2D eigenvalue weighted by Crippen LogP contribution is 2.12. The number of hydrogen-bond donors (Lipinski definition) is 1. The maximum absolute atomic E-state index is 11.5. The van der Waals surface area contributed by atoms with Gasteiger partial charge in [0.2, 0.25) is 0 Å². The highest BCUT2D eigenvalue weighted by molar-refractivity contribution is 6.18. The van der Waals surface area contributed by atoms with Crippen molar-refractivity contribution >= 4 is 11.6 Å². The van der Waals surface area contributed by atoms with Crippen molar-refractivity contribution in [3.8, 4) is 0 Å². The Hall–Kier alpha value is 0.110. The number of alkyl halides is 3. The lowest BCUT2D eigenvalue weighted by Crippen LogP contribution is -2.22. The zero-order chi connectivity index (χ0) is 5.91. The molecule has 0 rings (SSSR count). The second kappa shape index (κ2) is 2.43. The molecule has 7 heavy (non-hydrogen) atoms. The topological polar surface area (TPSA) is 20.2 Å². The summed E-state index contributed by atoms with van der Waals surface area (Å²) in [5.74, 6) is -3.91. The van der Waals surface area contributed by atoms with Gasteiger partial charge in [-0.1, -0.05) is 0 Å². The summed E-state index contributed by atoms with van der Waals surface area (Å²) in [6.45, 7) is -1.17. The Bertz CT molecular complexity index is 50.9. The van der Waals surface area contributed by atoms with Crippen molar-refractivity contribution in [1.82, 2.24) is 0 Å². The van der Waals surface area contributed by atoms with E-state index >= 15 is 0 Å². The molecule has 0 aliphatic rings. The molecule has 0 bridgehead atoms. The summed E-state index contributed by atoms with van der Waals surface area (Å²) in [5.41, 5.74) is 0. The molecule has 0 amide bonds. The standard InChI is InChI=1S/C3H5ClF2O/c4-1-3(5,6)2-7/h7H,1-2H2. The van der Waals surface area contributed by atoms with Crippen LogP contribution in [0.15, 0.2) is 0 Å². The van der Waals surface area contributed by atoms with Crippen LogP contribution in [0.25, 0.3) is 0 Å². The summed E-state index contributed by atoms with van der Waals surface area (Å²) in [6.07, 6.45) is 0. The molecule has 0 aliphatic heterocycles. The molecule has 1 N–H and O–H groups in total. The molecule has 44 valence electrons. The zero-order valence-corrected chi connectivity index (χ0v) is 4.25. The van der Waals surface area contributed by atoms with Gasteiger partial charge in [0.05, 0.1) is 5.88 Å². The van der Waals surface area contributed by atoms with Crippen molar-refractivity contribution in [1.29, 1.82) is 0 Å². The van der Waals surface area contributed by atoms with Crippen LogP contribution in [0.2, 0.25) is 0 Å². The Labute approximate surface area is 44.9 Å². The van der Waals surface area contributed by atoms with Gasteiger partial charge >= 0.3 is 0 Å². The SMILES string of the molecule is OCC(F)(F)CCl. The summed E-state index contributed by atoms with van der Waals surface area (Å²) >= 11 is 4.68. The number of rotatable bonds is 2. The third-order valence-corrected chi connectivity index (χ3v) is 0.818. The molecule has 0 aliphatic carbocycles. The van der Waals surface area contributed by atoms with E-state index in [-0.39, 0.29) is 0 Å². The molecule has 0 saturated heterocycles. The zero-order valence-electron chi connectivity index (χ0n) is 3.50. The highest BCUT2D eigenvalue weighted by Gasteiger charge is 2.25. The first kappa shape index (κ1) is 7.11. The Morgan fingerprint density at radius 3 is 2.00 bits per heavy atom. The predicted molar refractivity (Wildman–Crippen MR) is 22.8 cm³/mol. The first-order valence-electron chi connectivity index (χ1n) is 1.67. The molecule has 0 aromatic heterocycles. The third-order valence-electron chi connectivity index (χ3n) is 0.427. The van der Waals surface area contributed by atoms with E-state index in [4.69, 9.17) is 5.11 Å². The first-order chi connectivity index (χ1) is 3.12. The van der Waals surface area contributed by atoms with Crippen LogP contribution < -0.4 is 0 Å². The Balaban J connectivity index is 3.36. The summed E-state index contributed by atoms with van der Waals surface area (Å²) < 4.78 is 23.0. The molecule has 0 spiro atoms. The van der Waals surface area contributed by atoms with Gasteiger partial charge in [-0.2, -0.15) is 0 Å². The van der Waals surface area contributed by atoms with Crippen LogP contribution in [0.5, 0.6) is 0 Å². The van der Waals surface area contributed by atoms with E-state index in [0.29, 0.717) is 0 Å². The van der Waals surface area contributed by atoms with Gasteiger partial charge in [0.25, 0.3) is 5.92 Å². The van der Waals surface area contributed by atoms with Gasteiger partial charge in [-0.15, -0.1) is 11.6 Å². The fraction of sp³-hybridized carbons (Fsp3) is 1.00. The molecule has 4 heteroatoms. The molecule has 0 unspecified atom stereocenters. The van der Waals surface area contributed by atoms with Crippen molar-refractivity contribution < 1.29 is 13.9 Å². The van der Waals surface area contributed by atoms with E-state index in [1.165, 1.54) is 0 Å². The van der Waals surface area contributed by atoms with Gasteiger partial charge in [0, 0.05) is 0 Å². The van der Waals surface area contributed by atoms with Crippen LogP contribution in [0.1, 0.15) is 0 Å². The van der Waals surface area contributed by atoms with E-state index in [1.807, 2.05) is 0 Å². The highest BCUT2D eigenvalue weighted by atomic mass is 35.5. The van der Waals surface area contributed by atoms with Crippen LogP contribution in [0, 0.1) is 0 Å². The Kier molecular flexibility index (Phi) is 2.46. The summed E-state index contributed by atoms with van der Waals surface area (Å²) in [4.78, 5) is 0. The van der Waals surface area contributed by atoms with E-state index in [1.54, 1.807) is 0 Å². The molecule has 0 aromatic rings. The number of hydrogen-bond acceptors (Lipinski definition) is 1. The maximum atomic E-state index is 11.5. The van der Waals surface area contributed by atoms with E-state index in [0.717, 1.165) is 0 Å². The van der Waals surface area contributed by atoms with E-state index in [2.05, 4.69) is 11.6 Å². The average Bonchev–Trinajstić information content (AvgIpc) is 1.68. The van der Waals surface area contributed by atoms with Crippen LogP contribution in [-0.4, -0.2) is 23.5 Å². The molecular formula is C3H5ClF2O. The summed E-state index contributed by atoms with van der Waals surface area (Å²) in [6, 6.07) is 0. The van der Waals surface area contributed by atoms with Crippen LogP contribution >= 0.6 is 11.6 Å². The largest absolute Gasteiger partial charge is 0.390 e. The molecule has 0 radical (unpaired) electrons. The lowest BCUT2D eigenvalue weighted by molar-refractivity contribution is -0.0288. The smallest absolute Gasteiger partial charge is 0.283 e. The van der Waals surface area contributed by atoms with Gasteiger partial charge in [-0.3, -0.25) is 0 Å². The molecular weight excluding hydrogens is 125 g/mol. The molecule has 0 fully saturated rings. The quantitative estimate of drug-likeness (QED) is 0.550. The lowest BCUT2D eigenvalue weighted by atomic mass is 10.4. The summed E-state index contributed by atoms with van der Waals surface area (Å²) in [7, 11) is 0. The minimum atomic E-state index is -3.10. The molecule has 0 aromatic carbocycles. The van der Waals surface area contributed by atoms with Gasteiger partial charge in [-0.25, -0.2) is 8.78 Å². The summed E-state index contributed by atoms with van der Waals surface area (Å²) in [5, 5.41) is 7.76. The van der Waals surface area contributed by atoms with Crippen LogP contribution in [-0.2, 0) is 0 Å². The first-order valence-corrected chi connectivity index (χ1v) is 2.20. The predicted octanol–water partition coefficient (Wildman–Crippen LogP) is 0.853. The Morgan fingerprint density at radius 2 is 2.00 bits per heavy atom. The Morgan fingerprint density at radius 1 is 1.57 bits per heavy atom. The van der Waals surface area contributed by atoms with Crippen molar-refractivity contribution in [3.63, 3.8) is 0 Å². The normalized spacial score (nSPS) is 12.0. The van der Waals surface area contributed by atoms with Gasteiger partial charge < -0.3 is 5.11 Å². The van der Waals surface area contributed by atoms with E-state index < -0.39 is 18.4 Å².